The number of nitrogens with two attached hydrogens (primary N) is 7. The summed E-state index contributed by atoms with van der Waals surface area (Å²) in [5.74, 6) is -9.80. The van der Waals surface area contributed by atoms with Crippen molar-refractivity contribution in [3.63, 3.8) is 0 Å². The lowest BCUT2D eigenvalue weighted by Crippen LogP contribution is -2.60. The van der Waals surface area contributed by atoms with E-state index in [1.807, 2.05) is 20.1 Å². The predicted molar refractivity (Wildman–Crippen MR) is 356 cm³/mol. The third-order valence-corrected chi connectivity index (χ3v) is 16.7. The molecule has 2 aliphatic rings. The highest BCUT2D eigenvalue weighted by Gasteiger charge is 2.42. The molecule has 2 aromatic carbocycles. The molecule has 0 spiro atoms. The summed E-state index contributed by atoms with van der Waals surface area (Å²) in [6.45, 7) is 3.86. The summed E-state index contributed by atoms with van der Waals surface area (Å²) in [6, 6.07) is 4.51. The van der Waals surface area contributed by atoms with Crippen molar-refractivity contribution in [2.45, 2.75) is 183 Å². The normalized spacial score (nSPS) is 16.8. The van der Waals surface area contributed by atoms with E-state index in [4.69, 9.17) is 40.1 Å². The van der Waals surface area contributed by atoms with E-state index < -0.39 is 169 Å². The van der Waals surface area contributed by atoms with Crippen molar-refractivity contribution in [2.24, 2.45) is 51.0 Å². The Labute approximate surface area is 558 Å². The minimum Gasteiger partial charge on any atom is -0.370 e. The van der Waals surface area contributed by atoms with Gasteiger partial charge in [0.2, 0.25) is 76.8 Å². The van der Waals surface area contributed by atoms with E-state index in [0.29, 0.717) is 55.4 Å². The minimum atomic E-state index is -1.64. The number of carbonyl (C=O) groups excluding carboxylic acids is 13. The van der Waals surface area contributed by atoms with Gasteiger partial charge in [-0.2, -0.15) is 11.8 Å². The lowest BCUT2D eigenvalue weighted by molar-refractivity contribution is -0.144. The Bertz CT molecular complexity index is 2960. The van der Waals surface area contributed by atoms with Crippen molar-refractivity contribution in [1.82, 2.24) is 52.3 Å². The third-order valence-electron chi connectivity index (χ3n) is 16.0. The van der Waals surface area contributed by atoms with Crippen LogP contribution >= 0.6 is 11.8 Å². The SMILES string of the molecule is CSCC[C@H](NC(=O)[C@H](CC(C)C)NC(=O)CNC(=O)[C@@H](Cc1ccccc1)NC(=O)[C@H](Cc1ccccc1)NC(=O)[C@H](CCC(N)=O)NC(=O)[C@@H](CCC(N)=O)NC(=O)[C@H]1CCCN1C(=O)[C@H](CCCCN)NC(=O)[C@H]1CCCN1C(=O)[C@H](N)CCCN=C(N)N)C(N)=O. The molecule has 2 aromatic rings. The summed E-state index contributed by atoms with van der Waals surface area (Å²) in [5.41, 5.74) is 40.6. The van der Waals surface area contributed by atoms with Crippen molar-refractivity contribution in [3.8, 4) is 0 Å². The molecule has 0 unspecified atom stereocenters. The maximum Gasteiger partial charge on any atom is 0.245 e. The zero-order chi connectivity index (χ0) is 70.1. The van der Waals surface area contributed by atoms with Crippen LogP contribution in [-0.2, 0) is 75.2 Å². The predicted octanol–water partition coefficient (Wildman–Crippen LogP) is -3.71. The van der Waals surface area contributed by atoms with Gasteiger partial charge in [-0.1, -0.05) is 74.5 Å². The molecule has 0 aromatic heterocycles. The van der Waals surface area contributed by atoms with Gasteiger partial charge in [0, 0.05) is 45.3 Å². The molecule has 32 heteroatoms. The highest BCUT2D eigenvalue weighted by atomic mass is 32.2. The molecule has 4 rings (SSSR count). The van der Waals surface area contributed by atoms with Crippen LogP contribution in [0.5, 0.6) is 0 Å². The van der Waals surface area contributed by atoms with E-state index in [1.54, 1.807) is 60.7 Å². The zero-order valence-electron chi connectivity index (χ0n) is 54.5. The summed E-state index contributed by atoms with van der Waals surface area (Å²) >= 11 is 1.45. The molecule has 2 saturated heterocycles. The second-order valence-corrected chi connectivity index (χ2v) is 25.1. The lowest BCUT2D eigenvalue weighted by Gasteiger charge is -2.32. The Morgan fingerprint density at radius 1 is 0.537 bits per heavy atom. The van der Waals surface area contributed by atoms with Gasteiger partial charge in [-0.15, -0.1) is 0 Å². The number of unbranched alkanes of at least 4 members (excludes halogenated alkanes) is 1. The van der Waals surface area contributed by atoms with Gasteiger partial charge in [-0.05, 0) is 119 Å². The molecular formula is C63H98N18O13S. The highest BCUT2D eigenvalue weighted by molar-refractivity contribution is 7.98. The Hall–Kier alpha value is -8.91. The van der Waals surface area contributed by atoms with Gasteiger partial charge >= 0.3 is 0 Å². The van der Waals surface area contributed by atoms with Gasteiger partial charge < -0.3 is 92.5 Å². The topological polar surface area (TPSA) is 519 Å². The van der Waals surface area contributed by atoms with Crippen molar-refractivity contribution >= 4 is 94.5 Å². The van der Waals surface area contributed by atoms with Gasteiger partial charge in [0.05, 0.1) is 12.6 Å². The maximum absolute atomic E-state index is 14.7. The van der Waals surface area contributed by atoms with Crippen LogP contribution in [0.15, 0.2) is 65.7 Å². The number of guanidine groups is 1. The fraction of sp³-hybridized carbons (Fsp3) is 0.587. The first-order valence-corrected chi connectivity index (χ1v) is 33.6. The molecule has 95 heavy (non-hydrogen) atoms. The molecular weight excluding hydrogens is 1250 g/mol. The molecule has 0 radical (unpaired) electrons. The number of hydrogen-bond acceptors (Lipinski definition) is 17. The first kappa shape index (κ1) is 78.5. The largest absolute Gasteiger partial charge is 0.370 e. The van der Waals surface area contributed by atoms with Gasteiger partial charge in [0.25, 0.3) is 0 Å². The van der Waals surface area contributed by atoms with Crippen LogP contribution in [0, 0.1) is 5.92 Å². The fourth-order valence-electron chi connectivity index (χ4n) is 11.0. The fourth-order valence-corrected chi connectivity index (χ4v) is 11.5. The van der Waals surface area contributed by atoms with Crippen molar-refractivity contribution in [1.29, 1.82) is 0 Å². The molecule has 2 heterocycles. The zero-order valence-corrected chi connectivity index (χ0v) is 55.3. The number of aliphatic imine (C=N–C) groups is 1. The number of benzene rings is 2. The number of hydrogen-bond donors (Lipinski definition) is 15. The average Bonchev–Trinajstić information content (AvgIpc) is 1.74. The Kier molecular flexibility index (Phi) is 33.9. The molecule has 524 valence electrons. The standard InChI is InChI=1S/C63H98N18O13S/c1-37(2)33-45(57(89)74-41(53(68)85)27-32-95-3)73-52(84)36-72-54(86)46(34-38-15-6-4-7-16-38)78-58(90)47(35-39-17-8-5-9-18-39)79-56(88)42(23-25-50(66)82)75-55(87)43(24-26-51(67)83)76-59(91)49-22-14-31-81(49)62(94)44(20-10-11-28-64)77-60(92)48-21-13-30-80(48)61(93)40(65)19-12-29-71-63(69)70/h4-9,15-18,37,40-49H,10-14,19-36,64-65H2,1-3H3,(H2,66,82)(H2,67,83)(H2,68,85)(H,72,86)(H,73,84)(H,74,89)(H,75,87)(H,76,91)(H,77,92)(H,78,90)(H,79,88)(H4,69,70,71)/t40-,41+,42+,43-,44+,45+,46-,47+,48-,49-/m1/s1. The second kappa shape index (κ2) is 41.0. The summed E-state index contributed by atoms with van der Waals surface area (Å²) in [6.07, 6.45) is 3.12. The van der Waals surface area contributed by atoms with E-state index in [0.717, 1.165) is 0 Å². The van der Waals surface area contributed by atoms with Crippen LogP contribution in [0.4, 0.5) is 0 Å². The molecule has 2 aliphatic heterocycles. The summed E-state index contributed by atoms with van der Waals surface area (Å²) < 4.78 is 0. The smallest absolute Gasteiger partial charge is 0.245 e. The van der Waals surface area contributed by atoms with E-state index in [9.17, 15) is 62.3 Å². The number of primary amides is 3. The molecule has 0 saturated carbocycles. The number of likely N-dealkylation sites (tertiary alicyclic amines) is 2. The molecule has 31 nitrogen and oxygen atoms in total. The summed E-state index contributed by atoms with van der Waals surface area (Å²) in [7, 11) is 0. The number of thioether (sulfide) groups is 1. The van der Waals surface area contributed by atoms with Gasteiger partial charge in [0.1, 0.15) is 54.4 Å². The van der Waals surface area contributed by atoms with Gasteiger partial charge in [-0.25, -0.2) is 0 Å². The van der Waals surface area contributed by atoms with Crippen molar-refractivity contribution < 1.29 is 62.3 Å². The first-order valence-electron chi connectivity index (χ1n) is 32.2. The number of amides is 13. The van der Waals surface area contributed by atoms with E-state index in [-0.39, 0.29) is 83.0 Å². The Morgan fingerprint density at radius 2 is 1.01 bits per heavy atom. The van der Waals surface area contributed by atoms with Crippen LogP contribution in [0.25, 0.3) is 0 Å². The number of nitrogens with one attached hydrogen (secondary N) is 8. The molecule has 2 fully saturated rings. The number of carbonyl (C=O) groups is 13. The third kappa shape index (κ3) is 27.5. The van der Waals surface area contributed by atoms with Crippen molar-refractivity contribution in [2.75, 3.05) is 44.7 Å². The second-order valence-electron chi connectivity index (χ2n) is 24.1. The number of nitrogens with zero attached hydrogens (tertiary/aromatic N) is 3. The molecule has 0 bridgehead atoms. The maximum atomic E-state index is 14.7. The van der Waals surface area contributed by atoms with Crippen LogP contribution in [-0.4, -0.2) is 198 Å². The first-order chi connectivity index (χ1) is 45.2. The number of rotatable bonds is 42. The van der Waals surface area contributed by atoms with E-state index in [1.165, 1.54) is 21.6 Å². The monoisotopic (exact) mass is 1350 g/mol. The molecule has 10 atom stereocenters. The van der Waals surface area contributed by atoms with Gasteiger partial charge in [-0.3, -0.25) is 67.3 Å². The van der Waals surface area contributed by atoms with Crippen LogP contribution in [0.3, 0.4) is 0 Å². The van der Waals surface area contributed by atoms with Crippen LogP contribution < -0.4 is 82.7 Å². The van der Waals surface area contributed by atoms with Crippen LogP contribution in [0.1, 0.15) is 121 Å². The molecule has 13 amide bonds. The highest BCUT2D eigenvalue weighted by Crippen LogP contribution is 2.24. The Morgan fingerprint density at radius 3 is 1.51 bits per heavy atom. The van der Waals surface area contributed by atoms with Gasteiger partial charge in [0.15, 0.2) is 5.96 Å². The molecule has 0 aliphatic carbocycles. The van der Waals surface area contributed by atoms with Crippen molar-refractivity contribution in [3.05, 3.63) is 71.8 Å². The van der Waals surface area contributed by atoms with E-state index >= 15 is 0 Å². The lowest BCUT2D eigenvalue weighted by atomic mass is 10.0. The van der Waals surface area contributed by atoms with E-state index in [2.05, 4.69) is 47.5 Å². The summed E-state index contributed by atoms with van der Waals surface area (Å²) in [4.78, 5) is 185. The molecule has 22 N–H and O–H groups in total. The Balaban J connectivity index is 1.56. The quantitative estimate of drug-likeness (QED) is 0.0173. The van der Waals surface area contributed by atoms with Crippen LogP contribution in [0.2, 0.25) is 0 Å². The summed E-state index contributed by atoms with van der Waals surface area (Å²) in [5, 5.41) is 21.1. The minimum absolute atomic E-state index is 0.0736. The average molecular weight is 1350 g/mol.